The van der Waals surface area contributed by atoms with Crippen molar-refractivity contribution in [2.45, 2.75) is 30.7 Å². The Hall–Kier alpha value is -2.24. The van der Waals surface area contributed by atoms with Crippen LogP contribution in [0.5, 0.6) is 0 Å². The Kier molecular flexibility index (Phi) is 4.39. The number of hydrogen-bond acceptors (Lipinski definition) is 9. The van der Waals surface area contributed by atoms with Gasteiger partial charge in [-0.05, 0) is 12.1 Å². The van der Waals surface area contributed by atoms with Crippen LogP contribution in [0.1, 0.15) is 0 Å². The SMILES string of the molecule is O=[N+]([O-])c1ccc(NC[C@H]2O[C@H](O)[C@H](O)[C@@H](O)[C@@H]2O)c2ccoc12. The molecular weight excluding hydrogens is 324 g/mol. The molecule has 1 fully saturated rings. The van der Waals surface area contributed by atoms with Gasteiger partial charge in [0.2, 0.25) is 5.58 Å². The van der Waals surface area contributed by atoms with Crippen LogP contribution in [0.15, 0.2) is 28.9 Å². The summed E-state index contributed by atoms with van der Waals surface area (Å²) in [4.78, 5) is 10.4. The van der Waals surface area contributed by atoms with Crippen LogP contribution in [0, 0.1) is 10.1 Å². The van der Waals surface area contributed by atoms with Crippen LogP contribution in [-0.4, -0.2) is 62.6 Å². The molecule has 5 atom stereocenters. The van der Waals surface area contributed by atoms with Crippen molar-refractivity contribution in [1.82, 2.24) is 0 Å². The first-order chi connectivity index (χ1) is 11.4. The summed E-state index contributed by atoms with van der Waals surface area (Å²) < 4.78 is 10.2. The van der Waals surface area contributed by atoms with E-state index >= 15 is 0 Å². The van der Waals surface area contributed by atoms with Gasteiger partial charge < -0.3 is 34.9 Å². The van der Waals surface area contributed by atoms with Gasteiger partial charge in [-0.2, -0.15) is 0 Å². The first kappa shape index (κ1) is 16.6. The van der Waals surface area contributed by atoms with Crippen LogP contribution in [-0.2, 0) is 4.74 Å². The predicted octanol–water partition coefficient (Wildman–Crippen LogP) is -0.447. The van der Waals surface area contributed by atoms with Crippen molar-refractivity contribution in [2.24, 2.45) is 0 Å². The Morgan fingerprint density at radius 3 is 2.58 bits per heavy atom. The highest BCUT2D eigenvalue weighted by molar-refractivity contribution is 5.96. The van der Waals surface area contributed by atoms with Crippen LogP contribution in [0.3, 0.4) is 0 Å². The third-order valence-corrected chi connectivity index (χ3v) is 3.97. The van der Waals surface area contributed by atoms with Crippen LogP contribution in [0.4, 0.5) is 11.4 Å². The Bertz CT molecular complexity index is 747. The number of furan rings is 1. The van der Waals surface area contributed by atoms with E-state index in [1.54, 1.807) is 6.07 Å². The minimum atomic E-state index is -1.62. The lowest BCUT2D eigenvalue weighted by Crippen LogP contribution is -2.59. The molecule has 0 saturated carbocycles. The van der Waals surface area contributed by atoms with Gasteiger partial charge in [-0.3, -0.25) is 10.1 Å². The van der Waals surface area contributed by atoms with Crippen LogP contribution in [0.25, 0.3) is 11.0 Å². The third-order valence-electron chi connectivity index (χ3n) is 3.97. The van der Waals surface area contributed by atoms with E-state index in [1.807, 2.05) is 0 Å². The fourth-order valence-electron chi connectivity index (χ4n) is 2.66. The number of non-ortho nitro benzene ring substituents is 1. The number of nitro benzene ring substituents is 1. The van der Waals surface area contributed by atoms with Crippen molar-refractivity contribution in [2.75, 3.05) is 11.9 Å². The van der Waals surface area contributed by atoms with E-state index in [0.29, 0.717) is 11.1 Å². The van der Waals surface area contributed by atoms with Gasteiger partial charge in [0.1, 0.15) is 24.4 Å². The summed E-state index contributed by atoms with van der Waals surface area (Å²) in [6.45, 7) is -0.0138. The number of ether oxygens (including phenoxy) is 1. The second-order valence-electron chi connectivity index (χ2n) is 5.47. The molecule has 130 valence electrons. The van der Waals surface area contributed by atoms with Crippen molar-refractivity contribution in [1.29, 1.82) is 0 Å². The lowest BCUT2D eigenvalue weighted by atomic mass is 9.99. The van der Waals surface area contributed by atoms with Gasteiger partial charge in [0.25, 0.3) is 0 Å². The van der Waals surface area contributed by atoms with E-state index in [9.17, 15) is 30.5 Å². The zero-order valence-corrected chi connectivity index (χ0v) is 12.3. The van der Waals surface area contributed by atoms with E-state index in [0.717, 1.165) is 0 Å². The Morgan fingerprint density at radius 1 is 1.12 bits per heavy atom. The third kappa shape index (κ3) is 2.81. The van der Waals surface area contributed by atoms with E-state index in [2.05, 4.69) is 5.32 Å². The van der Waals surface area contributed by atoms with E-state index in [4.69, 9.17) is 9.15 Å². The van der Waals surface area contributed by atoms with Crippen molar-refractivity contribution >= 4 is 22.3 Å². The summed E-state index contributed by atoms with van der Waals surface area (Å²) in [6, 6.07) is 4.31. The molecule has 0 spiro atoms. The summed E-state index contributed by atoms with van der Waals surface area (Å²) in [7, 11) is 0. The number of anilines is 1. The standard InChI is InChI=1S/C14H16N2O8/c17-10-9(24-14(20)12(19)11(10)18)5-15-7-1-2-8(16(21)22)13-6(7)3-4-23-13/h1-4,9-12,14-15,17-20H,5H2/t9-,10-,11+,12-,14+/m1/s1. The summed E-state index contributed by atoms with van der Waals surface area (Å²) in [5.74, 6) is 0. The molecule has 1 aromatic heterocycles. The van der Waals surface area contributed by atoms with Gasteiger partial charge in [-0.1, -0.05) is 0 Å². The summed E-state index contributed by atoms with van der Waals surface area (Å²) in [5, 5.41) is 52.9. The predicted molar refractivity (Wildman–Crippen MR) is 80.3 cm³/mol. The molecular formula is C14H16N2O8. The molecule has 10 heteroatoms. The maximum absolute atomic E-state index is 11.0. The molecule has 2 heterocycles. The highest BCUT2D eigenvalue weighted by atomic mass is 16.6. The van der Waals surface area contributed by atoms with Crippen molar-refractivity contribution < 1.29 is 34.5 Å². The average Bonchev–Trinajstić information content (AvgIpc) is 3.04. The fraction of sp³-hybridized carbons (Fsp3) is 0.429. The molecule has 0 aliphatic carbocycles. The maximum atomic E-state index is 11.0. The number of fused-ring (bicyclic) bond motifs is 1. The number of nitrogens with one attached hydrogen (secondary N) is 1. The second-order valence-corrected chi connectivity index (χ2v) is 5.47. The Morgan fingerprint density at radius 2 is 1.88 bits per heavy atom. The molecule has 1 aromatic carbocycles. The summed E-state index contributed by atoms with van der Waals surface area (Å²) in [6.07, 6.45) is -5.86. The van der Waals surface area contributed by atoms with Gasteiger partial charge in [-0.15, -0.1) is 0 Å². The highest BCUT2D eigenvalue weighted by Crippen LogP contribution is 2.32. The largest absolute Gasteiger partial charge is 0.457 e. The molecule has 3 rings (SSSR count). The van der Waals surface area contributed by atoms with Crippen LogP contribution >= 0.6 is 0 Å². The van der Waals surface area contributed by atoms with E-state index in [-0.39, 0.29) is 17.8 Å². The first-order valence-electron chi connectivity index (χ1n) is 7.16. The lowest BCUT2D eigenvalue weighted by Gasteiger charge is -2.38. The number of nitro groups is 1. The zero-order valence-electron chi connectivity index (χ0n) is 12.3. The van der Waals surface area contributed by atoms with Gasteiger partial charge in [0.05, 0.1) is 16.6 Å². The quantitative estimate of drug-likeness (QED) is 0.367. The number of aliphatic hydroxyl groups excluding tert-OH is 4. The molecule has 0 radical (unpaired) electrons. The van der Waals surface area contributed by atoms with Crippen molar-refractivity contribution in [3.8, 4) is 0 Å². The first-order valence-corrected chi connectivity index (χ1v) is 7.16. The van der Waals surface area contributed by atoms with Crippen molar-refractivity contribution in [3.05, 3.63) is 34.6 Å². The zero-order chi connectivity index (χ0) is 17.4. The molecule has 0 unspecified atom stereocenters. The lowest BCUT2D eigenvalue weighted by molar-refractivity contribution is -0.383. The molecule has 10 nitrogen and oxygen atoms in total. The minimum Gasteiger partial charge on any atom is -0.457 e. The van der Waals surface area contributed by atoms with E-state index < -0.39 is 35.6 Å². The van der Waals surface area contributed by atoms with Gasteiger partial charge >= 0.3 is 5.69 Å². The summed E-state index contributed by atoms with van der Waals surface area (Å²) >= 11 is 0. The normalized spacial score (nSPS) is 30.4. The molecule has 2 aromatic rings. The molecule has 1 aliphatic rings. The smallest absolute Gasteiger partial charge is 0.312 e. The fourth-order valence-corrected chi connectivity index (χ4v) is 2.66. The Labute approximate surface area is 135 Å². The number of aliphatic hydroxyl groups is 4. The Balaban J connectivity index is 1.78. The number of rotatable bonds is 4. The van der Waals surface area contributed by atoms with Crippen molar-refractivity contribution in [3.63, 3.8) is 0 Å². The van der Waals surface area contributed by atoms with Gasteiger partial charge in [-0.25, -0.2) is 0 Å². The van der Waals surface area contributed by atoms with Crippen LogP contribution in [0.2, 0.25) is 0 Å². The summed E-state index contributed by atoms with van der Waals surface area (Å²) in [5.41, 5.74) is 0.421. The molecule has 5 N–H and O–H groups in total. The highest BCUT2D eigenvalue weighted by Gasteiger charge is 2.42. The minimum absolute atomic E-state index is 0.0138. The molecule has 0 bridgehead atoms. The molecule has 1 aliphatic heterocycles. The van der Waals surface area contributed by atoms with E-state index in [1.165, 1.54) is 18.4 Å². The topological polar surface area (TPSA) is 158 Å². The number of hydrogen-bond donors (Lipinski definition) is 5. The maximum Gasteiger partial charge on any atom is 0.312 e. The molecule has 1 saturated heterocycles. The van der Waals surface area contributed by atoms with Gasteiger partial charge in [0, 0.05) is 18.3 Å². The van der Waals surface area contributed by atoms with Crippen LogP contribution < -0.4 is 5.32 Å². The molecule has 0 amide bonds. The molecule has 24 heavy (non-hydrogen) atoms. The number of benzene rings is 1. The average molecular weight is 340 g/mol. The number of nitrogens with zero attached hydrogens (tertiary/aromatic N) is 1. The second kappa shape index (κ2) is 6.34. The monoisotopic (exact) mass is 340 g/mol. The van der Waals surface area contributed by atoms with Gasteiger partial charge in [0.15, 0.2) is 6.29 Å².